The number of methoxy groups -OCH3 is 1. The lowest BCUT2D eigenvalue weighted by Crippen LogP contribution is -2.57. The van der Waals surface area contributed by atoms with Crippen LogP contribution in [-0.2, 0) is 22.4 Å². The molecule has 3 aromatic rings. The quantitative estimate of drug-likeness (QED) is 0.0730. The van der Waals surface area contributed by atoms with Crippen LogP contribution in [0.4, 0.5) is 5.82 Å². The third-order valence-corrected chi connectivity index (χ3v) is 10.2. The molecule has 0 bridgehead atoms. The van der Waals surface area contributed by atoms with Crippen molar-refractivity contribution in [2.24, 2.45) is 5.41 Å². The number of ether oxygens (including phenoxy) is 4. The van der Waals surface area contributed by atoms with E-state index in [1.165, 1.54) is 7.11 Å². The number of hydrogen-bond acceptors (Lipinski definition) is 13. The Kier molecular flexibility index (Phi) is 13.6. The number of aliphatic hydroxyl groups excluding tert-OH is 2. The van der Waals surface area contributed by atoms with E-state index in [4.69, 9.17) is 24.7 Å². The maximum atomic E-state index is 12.2. The van der Waals surface area contributed by atoms with Crippen molar-refractivity contribution in [3.8, 4) is 28.7 Å². The number of rotatable bonds is 17. The third kappa shape index (κ3) is 10.9. The predicted molar refractivity (Wildman–Crippen MR) is 197 cm³/mol. The van der Waals surface area contributed by atoms with Crippen LogP contribution in [0.25, 0.3) is 0 Å². The fourth-order valence-electron chi connectivity index (χ4n) is 7.48. The molecule has 14 heteroatoms. The number of carboxylic acids is 1. The molecule has 7 atom stereocenters. The van der Waals surface area contributed by atoms with E-state index in [2.05, 4.69) is 22.5 Å². The average Bonchev–Trinajstić information content (AvgIpc) is 3.10. The molecule has 2 aromatic carbocycles. The predicted octanol–water partition coefficient (Wildman–Crippen LogP) is 3.83. The number of pyridine rings is 1. The number of aromatic nitrogens is 1. The molecule has 1 aromatic heterocycles. The van der Waals surface area contributed by atoms with Crippen LogP contribution in [0.2, 0.25) is 0 Å². The fraction of sp³-hybridized carbons (Fsp3) is 0.538. The Morgan fingerprint density at radius 3 is 2.64 bits per heavy atom. The summed E-state index contributed by atoms with van der Waals surface area (Å²) in [5, 5.41) is 58.3. The van der Waals surface area contributed by atoms with Gasteiger partial charge < -0.3 is 55.5 Å². The van der Waals surface area contributed by atoms with Gasteiger partial charge in [-0.15, -0.1) is 0 Å². The number of anilines is 1. The van der Waals surface area contributed by atoms with Crippen LogP contribution in [0.5, 0.6) is 28.7 Å². The van der Waals surface area contributed by atoms with E-state index < -0.39 is 29.7 Å². The Morgan fingerprint density at radius 2 is 1.91 bits per heavy atom. The lowest BCUT2D eigenvalue weighted by Gasteiger charge is -2.46. The van der Waals surface area contributed by atoms with Crippen LogP contribution in [0.15, 0.2) is 48.7 Å². The molecule has 290 valence electrons. The van der Waals surface area contributed by atoms with Gasteiger partial charge in [0.05, 0.1) is 37.9 Å². The number of phenolic OH excluding ortho intramolecular Hbond substituents is 2. The second-order valence-corrected chi connectivity index (χ2v) is 14.5. The number of nitrogen functional groups attached to an aromatic ring is 1. The Bertz CT molecular complexity index is 1680. The summed E-state index contributed by atoms with van der Waals surface area (Å²) >= 11 is 0. The van der Waals surface area contributed by atoms with Crippen molar-refractivity contribution in [1.29, 1.82) is 0 Å². The van der Waals surface area contributed by atoms with Crippen molar-refractivity contribution < 1.29 is 49.3 Å². The fourth-order valence-corrected chi connectivity index (χ4v) is 7.48. The first-order valence-electron chi connectivity index (χ1n) is 18.2. The van der Waals surface area contributed by atoms with Gasteiger partial charge in [-0.3, -0.25) is 10.1 Å². The summed E-state index contributed by atoms with van der Waals surface area (Å²) < 4.78 is 24.0. The summed E-state index contributed by atoms with van der Waals surface area (Å²) in [7, 11) is 1.45. The molecule has 5 rings (SSSR count). The van der Waals surface area contributed by atoms with Crippen molar-refractivity contribution >= 4 is 11.8 Å². The maximum absolute atomic E-state index is 12.2. The number of nitrogens with zero attached hydrogens (tertiary/aromatic N) is 1. The number of aromatic hydroxyl groups is 2. The molecule has 2 aliphatic rings. The number of aryl methyl sites for hydroxylation is 1. The topological polar surface area (TPSA) is 218 Å². The summed E-state index contributed by atoms with van der Waals surface area (Å²) in [6.07, 6.45) is 3.43. The molecule has 0 saturated carbocycles. The number of aliphatic carboxylic acids is 1. The van der Waals surface area contributed by atoms with E-state index in [0.29, 0.717) is 62.2 Å². The van der Waals surface area contributed by atoms with Crippen molar-refractivity contribution in [1.82, 2.24) is 15.6 Å². The molecule has 2 saturated heterocycles. The number of benzene rings is 2. The highest BCUT2D eigenvalue weighted by atomic mass is 16.5. The highest BCUT2D eigenvalue weighted by Gasteiger charge is 2.45. The van der Waals surface area contributed by atoms with Crippen molar-refractivity contribution in [3.05, 3.63) is 65.4 Å². The van der Waals surface area contributed by atoms with Gasteiger partial charge in [0.15, 0.2) is 23.0 Å². The summed E-state index contributed by atoms with van der Waals surface area (Å²) in [4.78, 5) is 16.3. The van der Waals surface area contributed by atoms with Crippen molar-refractivity contribution in [2.45, 2.75) is 102 Å². The highest BCUT2D eigenvalue weighted by molar-refractivity contribution is 5.68. The van der Waals surface area contributed by atoms with E-state index in [1.54, 1.807) is 43.5 Å². The normalized spacial score (nSPS) is 25.0. The molecule has 53 heavy (non-hydrogen) atoms. The second-order valence-electron chi connectivity index (χ2n) is 14.5. The van der Waals surface area contributed by atoms with Crippen LogP contribution in [0.3, 0.4) is 0 Å². The van der Waals surface area contributed by atoms with E-state index in [1.807, 2.05) is 12.1 Å². The monoisotopic (exact) mass is 738 g/mol. The van der Waals surface area contributed by atoms with E-state index >= 15 is 0 Å². The van der Waals surface area contributed by atoms with Crippen LogP contribution in [-0.4, -0.2) is 93.9 Å². The zero-order chi connectivity index (χ0) is 38.1. The molecule has 2 fully saturated rings. The lowest BCUT2D eigenvalue weighted by atomic mass is 9.67. The minimum absolute atomic E-state index is 0.0107. The van der Waals surface area contributed by atoms with Crippen molar-refractivity contribution in [2.75, 3.05) is 32.7 Å². The van der Waals surface area contributed by atoms with E-state index in [-0.39, 0.29) is 60.9 Å². The number of hydrogen-bond donors (Lipinski definition) is 8. The Hall–Kier alpha value is -4.34. The van der Waals surface area contributed by atoms with Gasteiger partial charge in [0.2, 0.25) is 5.75 Å². The van der Waals surface area contributed by atoms with Gasteiger partial charge in [0, 0.05) is 36.7 Å². The van der Waals surface area contributed by atoms with E-state index in [9.17, 15) is 30.3 Å². The van der Waals surface area contributed by atoms with Gasteiger partial charge >= 0.3 is 5.97 Å². The van der Waals surface area contributed by atoms with E-state index in [0.717, 1.165) is 17.5 Å². The Balaban J connectivity index is 1.30. The number of phenols is 2. The molecule has 3 heterocycles. The summed E-state index contributed by atoms with van der Waals surface area (Å²) in [5.41, 5.74) is 7.73. The minimum atomic E-state index is -0.914. The molecule has 7 unspecified atom stereocenters. The number of piperidine rings is 1. The Labute approximate surface area is 310 Å². The minimum Gasteiger partial charge on any atom is -0.504 e. The SMILES string of the molecule is COc1cc(C2CC(O)CC(CCc3ccc(O)c(OCNCC(C)O)c3)O2)cc(OCC2NC(C)CCC2(CC(=O)O)Cc2ccnc(N)c2)c1O. The van der Waals surface area contributed by atoms with Gasteiger partial charge in [0.25, 0.3) is 0 Å². The third-order valence-electron chi connectivity index (χ3n) is 10.2. The number of nitrogens with one attached hydrogen (secondary N) is 2. The zero-order valence-electron chi connectivity index (χ0n) is 30.7. The summed E-state index contributed by atoms with van der Waals surface area (Å²) in [6.45, 7) is 4.28. The molecular weight excluding hydrogens is 684 g/mol. The number of carbonyl (C=O) groups is 1. The van der Waals surface area contributed by atoms with Crippen LogP contribution in [0.1, 0.15) is 75.2 Å². The molecule has 14 nitrogen and oxygen atoms in total. The zero-order valence-corrected chi connectivity index (χ0v) is 30.7. The van der Waals surface area contributed by atoms with Gasteiger partial charge in [-0.1, -0.05) is 6.07 Å². The summed E-state index contributed by atoms with van der Waals surface area (Å²) in [5.74, 6) is -0.0544. The smallest absolute Gasteiger partial charge is 0.303 e. The summed E-state index contributed by atoms with van der Waals surface area (Å²) in [6, 6.07) is 11.9. The number of carboxylic acid groups (broad SMARTS) is 1. The van der Waals surface area contributed by atoms with Gasteiger partial charge in [-0.25, -0.2) is 4.98 Å². The molecule has 0 radical (unpaired) electrons. The molecule has 0 amide bonds. The van der Waals surface area contributed by atoms with Gasteiger partial charge in [0.1, 0.15) is 19.2 Å². The first-order valence-corrected chi connectivity index (χ1v) is 18.2. The number of aliphatic hydroxyl groups is 2. The Morgan fingerprint density at radius 1 is 1.11 bits per heavy atom. The molecule has 0 spiro atoms. The first-order chi connectivity index (χ1) is 25.3. The molecule has 2 aliphatic heterocycles. The standard InChI is InChI=1S/C39H54N4O10/c1-23-8-10-39(19-37(47)48,18-26-9-11-42-36(40)13-26)35(43-23)21-51-34-15-27(14-33(50-3)38(34)49)31-17-28(45)16-29(53-31)6-4-25-5-7-30(46)32(12-25)52-22-41-20-24(2)44/h5,7,9,11-15,23-24,28-29,31,35,41,43-46,49H,4,6,8,10,16-22H2,1-3H3,(H2,40,42)(H,47,48). The van der Waals surface area contributed by atoms with Gasteiger partial charge in [-0.2, -0.15) is 0 Å². The molecule has 9 N–H and O–H groups in total. The largest absolute Gasteiger partial charge is 0.504 e. The van der Waals surface area contributed by atoms with Crippen LogP contribution in [0, 0.1) is 5.41 Å². The molecular formula is C39H54N4O10. The highest BCUT2D eigenvalue weighted by Crippen LogP contribution is 2.45. The van der Waals surface area contributed by atoms with Gasteiger partial charge in [-0.05, 0) is 105 Å². The maximum Gasteiger partial charge on any atom is 0.303 e. The second kappa shape index (κ2) is 18.1. The van der Waals surface area contributed by atoms with Crippen LogP contribution < -0.4 is 30.6 Å². The lowest BCUT2D eigenvalue weighted by molar-refractivity contribution is -0.141. The van der Waals surface area contributed by atoms with Crippen LogP contribution >= 0.6 is 0 Å². The molecule has 0 aliphatic carbocycles. The number of nitrogens with two attached hydrogens (primary N) is 1. The van der Waals surface area contributed by atoms with Crippen molar-refractivity contribution in [3.63, 3.8) is 0 Å². The average molecular weight is 739 g/mol. The first kappa shape index (κ1) is 39.9.